The minimum Gasteiger partial charge on any atom is -0.477 e. The predicted octanol–water partition coefficient (Wildman–Crippen LogP) is 4.55. The number of hydrogen-bond acceptors (Lipinski definition) is 7. The Labute approximate surface area is 160 Å². The van der Waals surface area contributed by atoms with E-state index in [-0.39, 0.29) is 11.0 Å². The number of hydrogen-bond donors (Lipinski definition) is 2. The molecule has 3 heterocycles. The van der Waals surface area contributed by atoms with Gasteiger partial charge in [-0.05, 0) is 50.3 Å². The molecule has 1 aliphatic rings. The second kappa shape index (κ2) is 7.48. The molecule has 3 aromatic heterocycles. The maximum atomic E-state index is 11.4. The topological polar surface area (TPSA) is 97.2 Å². The normalized spacial score (nSPS) is 15.0. The Morgan fingerprint density at radius 3 is 2.85 bits per heavy atom. The first-order chi connectivity index (χ1) is 13.1. The van der Waals surface area contributed by atoms with Gasteiger partial charge in [-0.15, -0.1) is 11.3 Å². The molecule has 4 rings (SSSR count). The Kier molecular flexibility index (Phi) is 4.89. The van der Waals surface area contributed by atoms with Crippen LogP contribution in [-0.4, -0.2) is 32.1 Å². The van der Waals surface area contributed by atoms with Crippen LogP contribution in [0.15, 0.2) is 24.7 Å². The van der Waals surface area contributed by atoms with Gasteiger partial charge in [0, 0.05) is 6.20 Å². The molecule has 1 aliphatic carbocycles. The number of carboxylic acid groups (broad SMARTS) is 1. The molecule has 0 aromatic carbocycles. The van der Waals surface area contributed by atoms with Gasteiger partial charge < -0.3 is 15.2 Å². The van der Waals surface area contributed by atoms with Gasteiger partial charge in [-0.2, -0.15) is 0 Å². The molecule has 3 aromatic rings. The van der Waals surface area contributed by atoms with E-state index >= 15 is 0 Å². The zero-order valence-electron chi connectivity index (χ0n) is 14.9. The van der Waals surface area contributed by atoms with Crippen LogP contribution in [-0.2, 0) is 0 Å². The molecule has 0 unspecified atom stereocenters. The molecule has 0 radical (unpaired) electrons. The lowest BCUT2D eigenvalue weighted by atomic mass is 9.98. The molecule has 0 atom stereocenters. The summed E-state index contributed by atoms with van der Waals surface area (Å²) in [4.78, 5) is 25.3. The van der Waals surface area contributed by atoms with Crippen molar-refractivity contribution >= 4 is 39.0 Å². The Hall–Kier alpha value is -2.74. The third-order valence-electron chi connectivity index (χ3n) is 4.78. The third-order valence-corrected chi connectivity index (χ3v) is 5.96. The number of rotatable bonds is 5. The highest BCUT2D eigenvalue weighted by atomic mass is 32.1. The van der Waals surface area contributed by atoms with Crippen LogP contribution in [0.5, 0.6) is 5.88 Å². The van der Waals surface area contributed by atoms with Crippen molar-refractivity contribution in [2.24, 2.45) is 0 Å². The Morgan fingerprint density at radius 1 is 1.26 bits per heavy atom. The zero-order chi connectivity index (χ0) is 18.8. The Morgan fingerprint density at radius 2 is 2.07 bits per heavy atom. The van der Waals surface area contributed by atoms with E-state index in [1.807, 2.05) is 12.1 Å². The zero-order valence-corrected chi connectivity index (χ0v) is 15.8. The SMILES string of the molecule is Cc1c(C(=O)O)sc2ncnc(Nc3cccnc3OC3CCCCC3)c12. The van der Waals surface area contributed by atoms with E-state index in [4.69, 9.17) is 4.74 Å². The van der Waals surface area contributed by atoms with E-state index in [9.17, 15) is 9.90 Å². The van der Waals surface area contributed by atoms with Gasteiger partial charge in [0.05, 0.1) is 5.39 Å². The maximum Gasteiger partial charge on any atom is 0.346 e. The standard InChI is InChI=1S/C19H20N4O3S/c1-11-14-16(21-10-22-18(14)27-15(11)19(24)25)23-13-8-5-9-20-17(13)26-12-6-3-2-4-7-12/h5,8-10,12H,2-4,6-7H2,1H3,(H,24,25)(H,21,22,23). The molecule has 1 saturated carbocycles. The van der Waals surface area contributed by atoms with Crippen molar-refractivity contribution in [3.8, 4) is 5.88 Å². The number of anilines is 2. The van der Waals surface area contributed by atoms with E-state index in [2.05, 4.69) is 20.3 Å². The summed E-state index contributed by atoms with van der Waals surface area (Å²) in [5, 5.41) is 13.4. The molecule has 2 N–H and O–H groups in total. The van der Waals surface area contributed by atoms with Crippen molar-refractivity contribution in [3.05, 3.63) is 35.1 Å². The van der Waals surface area contributed by atoms with Crippen molar-refractivity contribution in [1.82, 2.24) is 15.0 Å². The van der Waals surface area contributed by atoms with Crippen molar-refractivity contribution in [3.63, 3.8) is 0 Å². The summed E-state index contributed by atoms with van der Waals surface area (Å²) in [5.41, 5.74) is 1.37. The second-order valence-corrected chi connectivity index (χ2v) is 7.62. The molecule has 0 aliphatic heterocycles. The highest BCUT2D eigenvalue weighted by Gasteiger charge is 2.21. The fourth-order valence-electron chi connectivity index (χ4n) is 3.42. The van der Waals surface area contributed by atoms with Crippen LogP contribution in [0.25, 0.3) is 10.2 Å². The quantitative estimate of drug-likeness (QED) is 0.666. The molecule has 0 saturated heterocycles. The minimum absolute atomic E-state index is 0.182. The van der Waals surface area contributed by atoms with E-state index in [0.717, 1.165) is 24.2 Å². The molecule has 140 valence electrons. The summed E-state index contributed by atoms with van der Waals surface area (Å²) in [6, 6.07) is 3.72. The van der Waals surface area contributed by atoms with Gasteiger partial charge in [0.1, 0.15) is 33.6 Å². The van der Waals surface area contributed by atoms with Crippen LogP contribution in [0.2, 0.25) is 0 Å². The fraction of sp³-hybridized carbons (Fsp3) is 0.368. The first-order valence-corrected chi connectivity index (χ1v) is 9.81. The molecule has 27 heavy (non-hydrogen) atoms. The molecule has 8 heteroatoms. The average molecular weight is 384 g/mol. The first kappa shape index (κ1) is 17.7. The fourth-order valence-corrected chi connectivity index (χ4v) is 4.41. The van der Waals surface area contributed by atoms with Gasteiger partial charge in [0.2, 0.25) is 5.88 Å². The number of nitrogens with zero attached hydrogens (tertiary/aromatic N) is 3. The van der Waals surface area contributed by atoms with Crippen LogP contribution in [0.3, 0.4) is 0 Å². The lowest BCUT2D eigenvalue weighted by Gasteiger charge is -2.23. The van der Waals surface area contributed by atoms with E-state index in [0.29, 0.717) is 33.2 Å². The highest BCUT2D eigenvalue weighted by molar-refractivity contribution is 7.20. The summed E-state index contributed by atoms with van der Waals surface area (Å²) in [5.74, 6) is 0.148. The summed E-state index contributed by atoms with van der Waals surface area (Å²) >= 11 is 1.15. The molecule has 0 spiro atoms. The van der Waals surface area contributed by atoms with Crippen molar-refractivity contribution in [2.75, 3.05) is 5.32 Å². The number of thiophene rings is 1. The predicted molar refractivity (Wildman–Crippen MR) is 104 cm³/mol. The summed E-state index contributed by atoms with van der Waals surface area (Å²) in [6.07, 6.45) is 9.02. The van der Waals surface area contributed by atoms with Crippen molar-refractivity contribution in [2.45, 2.75) is 45.1 Å². The van der Waals surface area contributed by atoms with Crippen molar-refractivity contribution < 1.29 is 14.6 Å². The number of carboxylic acids is 1. The largest absolute Gasteiger partial charge is 0.477 e. The molecular formula is C19H20N4O3S. The smallest absolute Gasteiger partial charge is 0.346 e. The summed E-state index contributed by atoms with van der Waals surface area (Å²) in [7, 11) is 0. The summed E-state index contributed by atoms with van der Waals surface area (Å²) < 4.78 is 6.14. The number of ether oxygens (including phenoxy) is 1. The number of nitrogens with one attached hydrogen (secondary N) is 1. The van der Waals surface area contributed by atoms with Gasteiger partial charge in [0.15, 0.2) is 0 Å². The van der Waals surface area contributed by atoms with Gasteiger partial charge in [-0.3, -0.25) is 0 Å². The Balaban J connectivity index is 1.67. The second-order valence-electron chi connectivity index (χ2n) is 6.62. The lowest BCUT2D eigenvalue weighted by Crippen LogP contribution is -2.20. The molecule has 1 fully saturated rings. The highest BCUT2D eigenvalue weighted by Crippen LogP contribution is 2.36. The number of aryl methyl sites for hydroxylation is 1. The molecule has 7 nitrogen and oxygen atoms in total. The first-order valence-electron chi connectivity index (χ1n) is 8.99. The van der Waals surface area contributed by atoms with Gasteiger partial charge in [-0.25, -0.2) is 19.7 Å². The Bertz CT molecular complexity index is 982. The summed E-state index contributed by atoms with van der Waals surface area (Å²) in [6.45, 7) is 1.78. The van der Waals surface area contributed by atoms with Crippen molar-refractivity contribution in [1.29, 1.82) is 0 Å². The van der Waals surface area contributed by atoms with E-state index in [1.54, 1.807) is 13.1 Å². The lowest BCUT2D eigenvalue weighted by molar-refractivity contribution is 0.0701. The monoisotopic (exact) mass is 384 g/mol. The van der Waals surface area contributed by atoms with Crippen LogP contribution in [0.4, 0.5) is 11.5 Å². The van der Waals surface area contributed by atoms with E-state index < -0.39 is 5.97 Å². The van der Waals surface area contributed by atoms with Gasteiger partial charge in [-0.1, -0.05) is 6.42 Å². The average Bonchev–Trinajstić information content (AvgIpc) is 3.02. The molecular weight excluding hydrogens is 364 g/mol. The van der Waals surface area contributed by atoms with Crippen LogP contribution < -0.4 is 10.1 Å². The number of pyridine rings is 1. The number of aromatic nitrogens is 3. The van der Waals surface area contributed by atoms with Gasteiger partial charge >= 0.3 is 5.97 Å². The maximum absolute atomic E-state index is 11.4. The minimum atomic E-state index is -0.954. The molecule has 0 bridgehead atoms. The van der Waals surface area contributed by atoms with Gasteiger partial charge in [0.25, 0.3) is 0 Å². The number of aromatic carboxylic acids is 1. The number of fused-ring (bicyclic) bond motifs is 1. The van der Waals surface area contributed by atoms with Crippen LogP contribution in [0.1, 0.15) is 47.3 Å². The van der Waals surface area contributed by atoms with Crippen LogP contribution in [0, 0.1) is 6.92 Å². The third kappa shape index (κ3) is 3.57. The molecule has 0 amide bonds. The number of carbonyl (C=O) groups is 1. The van der Waals surface area contributed by atoms with Crippen LogP contribution >= 0.6 is 11.3 Å². The van der Waals surface area contributed by atoms with E-state index in [1.165, 1.54) is 25.6 Å².